The fraction of sp³-hybridized carbons (Fsp3) is 0.778. The highest BCUT2D eigenvalue weighted by Crippen LogP contribution is 2.50. The van der Waals surface area contributed by atoms with Crippen LogP contribution in [-0.4, -0.2) is 19.3 Å². The zero-order valence-electron chi connectivity index (χ0n) is 9.23. The van der Waals surface area contributed by atoms with Crippen molar-refractivity contribution < 1.29 is 18.1 Å². The summed E-state index contributed by atoms with van der Waals surface area (Å²) in [5.74, 6) is 0. The quantitative estimate of drug-likeness (QED) is 0.490. The number of hydrogen-bond donors (Lipinski definition) is 0. The molecule has 0 aromatic rings. The highest BCUT2D eigenvalue weighted by molar-refractivity contribution is 7.48. The molecular weight excluding hydrogens is 203 g/mol. The molecule has 84 valence electrons. The summed E-state index contributed by atoms with van der Waals surface area (Å²) in [7, 11) is -3.36. The van der Waals surface area contributed by atoms with Crippen LogP contribution in [0.3, 0.4) is 0 Å². The second kappa shape index (κ2) is 7.18. The lowest BCUT2D eigenvalue weighted by molar-refractivity contribution is 0.106. The summed E-state index contributed by atoms with van der Waals surface area (Å²) in [6, 6.07) is 0. The average molecular weight is 222 g/mol. The summed E-state index contributed by atoms with van der Waals surface area (Å²) in [5.41, 5.74) is 0. The molecule has 4 nitrogen and oxygen atoms in total. The van der Waals surface area contributed by atoms with Crippen molar-refractivity contribution in [1.29, 1.82) is 0 Å². The van der Waals surface area contributed by atoms with Crippen LogP contribution in [-0.2, 0) is 18.1 Å². The van der Waals surface area contributed by atoms with Gasteiger partial charge < -0.3 is 0 Å². The van der Waals surface area contributed by atoms with E-state index in [1.54, 1.807) is 26.8 Å². The van der Waals surface area contributed by atoms with Gasteiger partial charge in [0.25, 0.3) is 0 Å². The van der Waals surface area contributed by atoms with E-state index in [1.807, 2.05) is 13.0 Å². The monoisotopic (exact) mass is 222 g/mol. The standard InChI is InChI=1S/C9H19O4P/c1-5-8-9(4)13-14(10,11-6-2)12-7-3/h5,8-9H,6-7H2,1-4H3/b8-5+. The molecule has 0 aromatic heterocycles. The fourth-order valence-corrected chi connectivity index (χ4v) is 2.23. The van der Waals surface area contributed by atoms with Gasteiger partial charge in [0, 0.05) is 0 Å². The van der Waals surface area contributed by atoms with Gasteiger partial charge in [-0.3, -0.25) is 13.6 Å². The van der Waals surface area contributed by atoms with Gasteiger partial charge in [0.15, 0.2) is 0 Å². The Hall–Kier alpha value is -0.150. The molecule has 0 N–H and O–H groups in total. The maximum absolute atomic E-state index is 11.8. The van der Waals surface area contributed by atoms with Gasteiger partial charge in [-0.2, -0.15) is 0 Å². The molecule has 0 bridgehead atoms. The number of allylic oxidation sites excluding steroid dienone is 1. The van der Waals surface area contributed by atoms with Crippen LogP contribution in [0.2, 0.25) is 0 Å². The molecular formula is C9H19O4P. The minimum atomic E-state index is -3.36. The van der Waals surface area contributed by atoms with E-state index in [0.717, 1.165) is 0 Å². The molecule has 0 aliphatic heterocycles. The van der Waals surface area contributed by atoms with Gasteiger partial charge >= 0.3 is 7.82 Å². The molecule has 14 heavy (non-hydrogen) atoms. The Bertz CT molecular complexity index is 205. The lowest BCUT2D eigenvalue weighted by atomic mass is 10.4. The highest BCUT2D eigenvalue weighted by Gasteiger charge is 2.27. The predicted octanol–water partition coefficient (Wildman–Crippen LogP) is 3.15. The summed E-state index contributed by atoms with van der Waals surface area (Å²) in [6.45, 7) is 7.75. The molecule has 0 spiro atoms. The molecule has 0 aliphatic rings. The molecule has 1 atom stereocenters. The molecule has 0 aromatic carbocycles. The first kappa shape index (κ1) is 13.8. The molecule has 0 rings (SSSR count). The maximum Gasteiger partial charge on any atom is 0.475 e. The van der Waals surface area contributed by atoms with E-state index in [0.29, 0.717) is 13.2 Å². The molecule has 0 saturated carbocycles. The molecule has 0 radical (unpaired) electrons. The van der Waals surface area contributed by atoms with E-state index >= 15 is 0 Å². The van der Waals surface area contributed by atoms with Crippen LogP contribution in [0.4, 0.5) is 0 Å². The Morgan fingerprint density at radius 2 is 1.79 bits per heavy atom. The lowest BCUT2D eigenvalue weighted by Gasteiger charge is -2.18. The van der Waals surface area contributed by atoms with Crippen molar-refractivity contribution in [2.75, 3.05) is 13.2 Å². The topological polar surface area (TPSA) is 44.8 Å². The van der Waals surface area contributed by atoms with Crippen molar-refractivity contribution in [2.24, 2.45) is 0 Å². The van der Waals surface area contributed by atoms with Crippen LogP contribution >= 0.6 is 7.82 Å². The van der Waals surface area contributed by atoms with E-state index in [2.05, 4.69) is 0 Å². The smallest absolute Gasteiger partial charge is 0.287 e. The van der Waals surface area contributed by atoms with E-state index < -0.39 is 7.82 Å². The van der Waals surface area contributed by atoms with Crippen molar-refractivity contribution >= 4 is 7.82 Å². The third kappa shape index (κ3) is 5.55. The van der Waals surface area contributed by atoms with Gasteiger partial charge in [0.05, 0.1) is 19.3 Å². The summed E-state index contributed by atoms with van der Waals surface area (Å²) >= 11 is 0. The van der Waals surface area contributed by atoms with Gasteiger partial charge in [-0.1, -0.05) is 12.2 Å². The summed E-state index contributed by atoms with van der Waals surface area (Å²) < 4.78 is 26.9. The average Bonchev–Trinajstić information content (AvgIpc) is 2.04. The van der Waals surface area contributed by atoms with Crippen LogP contribution in [0, 0.1) is 0 Å². The van der Waals surface area contributed by atoms with E-state index in [1.165, 1.54) is 0 Å². The van der Waals surface area contributed by atoms with Crippen molar-refractivity contribution in [3.63, 3.8) is 0 Å². The van der Waals surface area contributed by atoms with Crippen LogP contribution < -0.4 is 0 Å². The number of hydrogen-bond acceptors (Lipinski definition) is 4. The van der Waals surface area contributed by atoms with Gasteiger partial charge in [-0.05, 0) is 27.7 Å². The summed E-state index contributed by atoms with van der Waals surface area (Å²) in [6.07, 6.45) is 3.33. The Kier molecular flexibility index (Phi) is 7.11. The van der Waals surface area contributed by atoms with Crippen molar-refractivity contribution in [2.45, 2.75) is 33.8 Å². The molecule has 0 fully saturated rings. The van der Waals surface area contributed by atoms with E-state index in [4.69, 9.17) is 13.6 Å². The largest absolute Gasteiger partial charge is 0.475 e. The van der Waals surface area contributed by atoms with Gasteiger partial charge in [0.2, 0.25) is 0 Å². The van der Waals surface area contributed by atoms with Gasteiger partial charge in [0.1, 0.15) is 0 Å². The van der Waals surface area contributed by atoms with E-state index in [-0.39, 0.29) is 6.10 Å². The minimum Gasteiger partial charge on any atom is -0.287 e. The molecule has 5 heteroatoms. The van der Waals surface area contributed by atoms with Crippen LogP contribution in [0.5, 0.6) is 0 Å². The third-order valence-electron chi connectivity index (χ3n) is 1.33. The molecule has 0 saturated heterocycles. The van der Waals surface area contributed by atoms with Crippen LogP contribution in [0.25, 0.3) is 0 Å². The van der Waals surface area contributed by atoms with E-state index in [9.17, 15) is 4.57 Å². The second-order valence-corrected chi connectivity index (χ2v) is 4.24. The first-order valence-electron chi connectivity index (χ1n) is 4.78. The maximum atomic E-state index is 11.8. The first-order chi connectivity index (χ1) is 6.58. The molecule has 0 amide bonds. The van der Waals surface area contributed by atoms with Gasteiger partial charge in [-0.15, -0.1) is 0 Å². The Balaban J connectivity index is 4.27. The highest BCUT2D eigenvalue weighted by atomic mass is 31.2. The Labute approximate surface area is 85.9 Å². The first-order valence-corrected chi connectivity index (χ1v) is 6.24. The second-order valence-electron chi connectivity index (χ2n) is 2.62. The molecule has 1 unspecified atom stereocenters. The summed E-state index contributed by atoms with van der Waals surface area (Å²) in [4.78, 5) is 0. The minimum absolute atomic E-state index is 0.274. The zero-order chi connectivity index (χ0) is 11.0. The van der Waals surface area contributed by atoms with Crippen molar-refractivity contribution in [3.05, 3.63) is 12.2 Å². The van der Waals surface area contributed by atoms with Crippen LogP contribution in [0.1, 0.15) is 27.7 Å². The third-order valence-corrected chi connectivity index (χ3v) is 3.07. The van der Waals surface area contributed by atoms with Crippen LogP contribution in [0.15, 0.2) is 12.2 Å². The van der Waals surface area contributed by atoms with Crippen molar-refractivity contribution in [1.82, 2.24) is 0 Å². The lowest BCUT2D eigenvalue weighted by Crippen LogP contribution is -2.07. The normalized spacial score (nSPS) is 14.9. The fourth-order valence-electron chi connectivity index (χ4n) is 0.924. The SMILES string of the molecule is C/C=C/C(C)OP(=O)(OCC)OCC. The van der Waals surface area contributed by atoms with Gasteiger partial charge in [-0.25, -0.2) is 4.57 Å². The number of phosphoric ester groups is 1. The molecule has 0 aliphatic carbocycles. The molecule has 0 heterocycles. The van der Waals surface area contributed by atoms with Crippen molar-refractivity contribution in [3.8, 4) is 0 Å². The Morgan fingerprint density at radius 1 is 1.29 bits per heavy atom. The summed E-state index contributed by atoms with van der Waals surface area (Å²) in [5, 5.41) is 0. The predicted molar refractivity (Wildman–Crippen MR) is 56.2 cm³/mol. The number of phosphoric acid groups is 1. The Morgan fingerprint density at radius 3 is 2.14 bits per heavy atom. The number of rotatable bonds is 7. The zero-order valence-corrected chi connectivity index (χ0v) is 10.1.